The molecule has 4 nitrogen and oxygen atoms in total. The number of hydrogen-bond donors (Lipinski definition) is 2. The Bertz CT molecular complexity index is 676. The van der Waals surface area contributed by atoms with Crippen molar-refractivity contribution >= 4 is 39.3 Å². The van der Waals surface area contributed by atoms with Gasteiger partial charge in [-0.3, -0.25) is 9.59 Å². The summed E-state index contributed by atoms with van der Waals surface area (Å²) in [5, 5.41) is 2.51. The number of alkyl halides is 1. The first-order valence-corrected chi connectivity index (χ1v) is 7.69. The van der Waals surface area contributed by atoms with Gasteiger partial charge in [0.15, 0.2) is 0 Å². The molecule has 0 spiro atoms. The van der Waals surface area contributed by atoms with Crippen molar-refractivity contribution in [3.05, 3.63) is 70.2 Å². The van der Waals surface area contributed by atoms with Crippen LogP contribution in [0, 0.1) is 0 Å². The molecule has 1 unspecified atom stereocenters. The Balaban J connectivity index is 2.16. The van der Waals surface area contributed by atoms with Crippen molar-refractivity contribution in [2.45, 2.75) is 11.4 Å². The van der Waals surface area contributed by atoms with Crippen molar-refractivity contribution < 1.29 is 9.59 Å². The molecule has 0 aliphatic carbocycles. The summed E-state index contributed by atoms with van der Waals surface area (Å²) >= 11 is 9.60. The van der Waals surface area contributed by atoms with E-state index in [1.165, 1.54) is 0 Å². The van der Waals surface area contributed by atoms with Gasteiger partial charge < -0.3 is 11.1 Å². The number of primary amides is 1. The number of nitrogens with two attached hydrogens (primary N) is 1. The average Bonchev–Trinajstić information content (AvgIpc) is 2.50. The largest absolute Gasteiger partial charge is 0.366 e. The van der Waals surface area contributed by atoms with Crippen molar-refractivity contribution in [1.29, 1.82) is 0 Å². The first-order valence-electron chi connectivity index (χ1n) is 6.51. The lowest BCUT2D eigenvalue weighted by molar-refractivity contribution is -0.128. The van der Waals surface area contributed by atoms with E-state index in [2.05, 4.69) is 21.2 Å². The fourth-order valence-electron chi connectivity index (χ4n) is 1.97. The lowest BCUT2D eigenvalue weighted by Gasteiger charge is -2.25. The van der Waals surface area contributed by atoms with Crippen molar-refractivity contribution in [1.82, 2.24) is 5.32 Å². The molecule has 0 aromatic heterocycles. The third-order valence-corrected chi connectivity index (χ3v) is 4.13. The van der Waals surface area contributed by atoms with Crippen molar-refractivity contribution in [2.75, 3.05) is 0 Å². The molecule has 0 saturated carbocycles. The number of hydrogen-bond acceptors (Lipinski definition) is 2. The standard InChI is InChI=1S/C16H14BrClN2O2/c17-13-8-6-11(7-9-13)10-14(21)20-16(18,15(19)22)12-4-2-1-3-5-12/h1-9H,10H2,(H2,19,22)(H,20,21). The number of carbonyl (C=O) groups excluding carboxylic acids is 2. The SMILES string of the molecule is NC(=O)C(Cl)(NC(=O)Cc1ccc(Br)cc1)c1ccccc1. The molecule has 0 aliphatic heterocycles. The molecule has 1 atom stereocenters. The minimum atomic E-state index is -1.76. The summed E-state index contributed by atoms with van der Waals surface area (Å²) < 4.78 is 0.921. The molecule has 2 aromatic rings. The smallest absolute Gasteiger partial charge is 0.263 e. The van der Waals surface area contributed by atoms with Crippen LogP contribution in [0.4, 0.5) is 0 Å². The predicted molar refractivity (Wildman–Crippen MR) is 89.2 cm³/mol. The Morgan fingerprint density at radius 2 is 1.68 bits per heavy atom. The molecule has 22 heavy (non-hydrogen) atoms. The molecule has 0 radical (unpaired) electrons. The minimum Gasteiger partial charge on any atom is -0.366 e. The van der Waals surface area contributed by atoms with Gasteiger partial charge in [0.1, 0.15) is 0 Å². The van der Waals surface area contributed by atoms with Crippen LogP contribution in [-0.4, -0.2) is 11.8 Å². The molecule has 0 fully saturated rings. The summed E-state index contributed by atoms with van der Waals surface area (Å²) in [7, 11) is 0. The van der Waals surface area contributed by atoms with Gasteiger partial charge in [0.25, 0.3) is 5.91 Å². The molecule has 6 heteroatoms. The van der Waals surface area contributed by atoms with Gasteiger partial charge in [0, 0.05) is 10.0 Å². The Morgan fingerprint density at radius 1 is 1.09 bits per heavy atom. The zero-order valence-corrected chi connectivity index (χ0v) is 13.9. The highest BCUT2D eigenvalue weighted by molar-refractivity contribution is 9.10. The van der Waals surface area contributed by atoms with Gasteiger partial charge in [0.05, 0.1) is 6.42 Å². The topological polar surface area (TPSA) is 72.2 Å². The number of carbonyl (C=O) groups is 2. The third-order valence-electron chi connectivity index (χ3n) is 3.10. The van der Waals surface area contributed by atoms with E-state index in [-0.39, 0.29) is 12.3 Å². The second-order valence-corrected chi connectivity index (χ2v) is 6.22. The van der Waals surface area contributed by atoms with Crippen LogP contribution in [0.5, 0.6) is 0 Å². The summed E-state index contributed by atoms with van der Waals surface area (Å²) in [6.07, 6.45) is 0.0991. The maximum atomic E-state index is 12.2. The Hall–Kier alpha value is -1.85. The number of amides is 2. The number of nitrogens with one attached hydrogen (secondary N) is 1. The van der Waals surface area contributed by atoms with Crippen LogP contribution in [0.3, 0.4) is 0 Å². The predicted octanol–water partition coefficient (Wildman–Crippen LogP) is 2.68. The lowest BCUT2D eigenvalue weighted by atomic mass is 10.0. The van der Waals surface area contributed by atoms with Crippen LogP contribution in [0.1, 0.15) is 11.1 Å². The molecule has 0 bridgehead atoms. The molecule has 0 aliphatic rings. The van der Waals surface area contributed by atoms with Gasteiger partial charge in [-0.15, -0.1) is 0 Å². The molecule has 0 saturated heterocycles. The van der Waals surface area contributed by atoms with Crippen LogP contribution in [0.2, 0.25) is 0 Å². The zero-order valence-electron chi connectivity index (χ0n) is 11.6. The highest BCUT2D eigenvalue weighted by Crippen LogP contribution is 2.25. The van der Waals surface area contributed by atoms with E-state index in [0.717, 1.165) is 10.0 Å². The van der Waals surface area contributed by atoms with Gasteiger partial charge >= 0.3 is 0 Å². The highest BCUT2D eigenvalue weighted by atomic mass is 79.9. The maximum absolute atomic E-state index is 12.2. The summed E-state index contributed by atoms with van der Waals surface area (Å²) in [5.74, 6) is -1.22. The first kappa shape index (κ1) is 16.5. The molecule has 3 N–H and O–H groups in total. The summed E-state index contributed by atoms with van der Waals surface area (Å²) in [5.41, 5.74) is 6.60. The quantitative estimate of drug-likeness (QED) is 0.617. The fraction of sp³-hybridized carbons (Fsp3) is 0.125. The Labute approximate surface area is 141 Å². The maximum Gasteiger partial charge on any atom is 0.263 e. The minimum absolute atomic E-state index is 0.0991. The number of rotatable bonds is 5. The van der Waals surface area contributed by atoms with Gasteiger partial charge in [-0.1, -0.05) is 70.0 Å². The van der Waals surface area contributed by atoms with Gasteiger partial charge in [-0.2, -0.15) is 0 Å². The zero-order chi connectivity index (χ0) is 16.2. The summed E-state index contributed by atoms with van der Waals surface area (Å²) in [6.45, 7) is 0. The molecule has 114 valence electrons. The number of halogens is 2. The second-order valence-electron chi connectivity index (χ2n) is 4.74. The lowest BCUT2D eigenvalue weighted by Crippen LogP contribution is -2.51. The van der Waals surface area contributed by atoms with Crippen LogP contribution in [0.15, 0.2) is 59.1 Å². The summed E-state index contributed by atoms with van der Waals surface area (Å²) in [6, 6.07) is 15.8. The Morgan fingerprint density at radius 3 is 2.23 bits per heavy atom. The highest BCUT2D eigenvalue weighted by Gasteiger charge is 2.37. The van der Waals surface area contributed by atoms with Gasteiger partial charge in [-0.05, 0) is 17.7 Å². The molecule has 0 heterocycles. The fourth-order valence-corrected chi connectivity index (χ4v) is 2.46. The van der Waals surface area contributed by atoms with E-state index in [1.54, 1.807) is 30.3 Å². The molecule has 2 amide bonds. The van der Waals surface area contributed by atoms with Crippen molar-refractivity contribution in [3.8, 4) is 0 Å². The summed E-state index contributed by atoms with van der Waals surface area (Å²) in [4.78, 5) is 22.1. The van der Waals surface area contributed by atoms with Crippen LogP contribution >= 0.6 is 27.5 Å². The monoisotopic (exact) mass is 380 g/mol. The van der Waals surface area contributed by atoms with Crippen LogP contribution in [0.25, 0.3) is 0 Å². The van der Waals surface area contributed by atoms with E-state index in [0.29, 0.717) is 5.56 Å². The van der Waals surface area contributed by atoms with E-state index in [4.69, 9.17) is 17.3 Å². The molecular weight excluding hydrogens is 368 g/mol. The molecule has 2 rings (SSSR count). The molecule has 2 aromatic carbocycles. The van der Waals surface area contributed by atoms with Gasteiger partial charge in [0.2, 0.25) is 10.9 Å². The molecular formula is C16H14BrClN2O2. The van der Waals surface area contributed by atoms with E-state index in [1.807, 2.05) is 24.3 Å². The van der Waals surface area contributed by atoms with Crippen LogP contribution < -0.4 is 11.1 Å². The Kier molecular flexibility index (Phi) is 5.21. The normalized spacial score (nSPS) is 13.2. The van der Waals surface area contributed by atoms with Crippen molar-refractivity contribution in [2.24, 2.45) is 5.73 Å². The van der Waals surface area contributed by atoms with E-state index in [9.17, 15) is 9.59 Å². The van der Waals surface area contributed by atoms with Gasteiger partial charge in [-0.25, -0.2) is 0 Å². The van der Waals surface area contributed by atoms with E-state index >= 15 is 0 Å². The van der Waals surface area contributed by atoms with Crippen molar-refractivity contribution in [3.63, 3.8) is 0 Å². The van der Waals surface area contributed by atoms with E-state index < -0.39 is 10.9 Å². The number of benzene rings is 2. The van der Waals surface area contributed by atoms with Crippen LogP contribution in [-0.2, 0) is 21.0 Å². The average molecular weight is 382 g/mol. The second kappa shape index (κ2) is 6.94. The first-order chi connectivity index (χ1) is 10.4. The third kappa shape index (κ3) is 3.87.